The minimum atomic E-state index is -0.156. The van der Waals surface area contributed by atoms with E-state index in [0.29, 0.717) is 5.84 Å². The minimum absolute atomic E-state index is 0.156. The third kappa shape index (κ3) is 4.94. The Labute approximate surface area is 259 Å². The van der Waals surface area contributed by atoms with Crippen LogP contribution in [0.4, 0.5) is 28.6 Å². The summed E-state index contributed by atoms with van der Waals surface area (Å²) in [5.74, 6) is 2.31. The summed E-state index contributed by atoms with van der Waals surface area (Å²) in [6, 6.07) is 35.9. The van der Waals surface area contributed by atoms with E-state index in [1.165, 1.54) is 18.4 Å². The van der Waals surface area contributed by atoms with Crippen LogP contribution in [-0.2, 0) is 6.42 Å². The maximum atomic E-state index is 5.36. The number of nitrogens with one attached hydrogen (secondary N) is 1. The topological polar surface area (TPSA) is 61.1 Å². The minimum Gasteiger partial charge on any atom is -0.378 e. The summed E-state index contributed by atoms with van der Waals surface area (Å²) in [5, 5.41) is 8.69. The molecular formula is C37H37N7. The number of nitrogens with zero attached hydrogens (tertiary/aromatic N) is 6. The molecule has 0 amide bonds. The Hall–Kier alpha value is -5.17. The van der Waals surface area contributed by atoms with Gasteiger partial charge in [0.15, 0.2) is 17.5 Å². The number of anilines is 3. The van der Waals surface area contributed by atoms with E-state index >= 15 is 0 Å². The van der Waals surface area contributed by atoms with E-state index in [1.54, 1.807) is 0 Å². The number of para-hydroxylation sites is 3. The molecule has 1 aromatic heterocycles. The molecule has 4 aromatic carbocycles. The lowest BCUT2D eigenvalue weighted by molar-refractivity contribution is 0.795. The molecule has 2 aliphatic rings. The zero-order valence-electron chi connectivity index (χ0n) is 25.7. The zero-order valence-corrected chi connectivity index (χ0v) is 25.7. The second-order valence-corrected chi connectivity index (χ2v) is 11.6. The molecule has 3 heterocycles. The molecule has 2 aliphatic heterocycles. The van der Waals surface area contributed by atoms with Crippen molar-refractivity contribution in [3.63, 3.8) is 0 Å². The molecular weight excluding hydrogens is 542 g/mol. The van der Waals surface area contributed by atoms with Gasteiger partial charge in [0.05, 0.1) is 28.8 Å². The number of unbranched alkanes of at least 4 members (excludes halogenated alkanes) is 1. The molecule has 7 heteroatoms. The number of rotatable bonds is 7. The number of aromatic nitrogens is 2. The Morgan fingerprint density at radius 2 is 1.55 bits per heavy atom. The van der Waals surface area contributed by atoms with Gasteiger partial charge >= 0.3 is 0 Å². The normalized spacial score (nSPS) is 15.1. The van der Waals surface area contributed by atoms with Crippen molar-refractivity contribution in [2.24, 2.45) is 9.98 Å². The van der Waals surface area contributed by atoms with Crippen LogP contribution in [0.2, 0.25) is 0 Å². The molecule has 5 aromatic rings. The lowest BCUT2D eigenvalue weighted by Crippen LogP contribution is -2.46. The fourth-order valence-electron chi connectivity index (χ4n) is 6.09. The van der Waals surface area contributed by atoms with E-state index in [1.807, 2.05) is 28.9 Å². The first-order valence-electron chi connectivity index (χ1n) is 15.4. The van der Waals surface area contributed by atoms with Gasteiger partial charge in [0.25, 0.3) is 0 Å². The van der Waals surface area contributed by atoms with E-state index in [-0.39, 0.29) is 6.04 Å². The fraction of sp³-hybridized carbons (Fsp3) is 0.216. The first-order chi connectivity index (χ1) is 21.5. The molecule has 0 bridgehead atoms. The average molecular weight is 580 g/mol. The largest absolute Gasteiger partial charge is 0.378 e. The van der Waals surface area contributed by atoms with Crippen LogP contribution in [0.5, 0.6) is 0 Å². The van der Waals surface area contributed by atoms with Gasteiger partial charge in [0, 0.05) is 31.0 Å². The molecule has 7 rings (SSSR count). The second kappa shape index (κ2) is 11.5. The highest BCUT2D eigenvalue weighted by Crippen LogP contribution is 2.48. The van der Waals surface area contributed by atoms with E-state index in [4.69, 9.17) is 15.1 Å². The van der Waals surface area contributed by atoms with Crippen LogP contribution in [0.1, 0.15) is 48.2 Å². The van der Waals surface area contributed by atoms with E-state index in [9.17, 15) is 0 Å². The van der Waals surface area contributed by atoms with E-state index in [0.717, 1.165) is 63.3 Å². The summed E-state index contributed by atoms with van der Waals surface area (Å²) in [6.45, 7) is 4.31. The first-order valence-corrected chi connectivity index (χ1v) is 15.4. The van der Waals surface area contributed by atoms with Crippen molar-refractivity contribution in [1.29, 1.82) is 0 Å². The van der Waals surface area contributed by atoms with Crippen molar-refractivity contribution in [1.82, 2.24) is 9.78 Å². The number of fused-ring (bicyclic) bond motifs is 4. The van der Waals surface area contributed by atoms with E-state index < -0.39 is 0 Å². The zero-order chi connectivity index (χ0) is 30.2. The van der Waals surface area contributed by atoms with Crippen LogP contribution in [0.25, 0.3) is 5.69 Å². The lowest BCUT2D eigenvalue weighted by Gasteiger charge is -2.40. The van der Waals surface area contributed by atoms with Crippen LogP contribution in [-0.4, -0.2) is 35.5 Å². The summed E-state index contributed by atoms with van der Waals surface area (Å²) in [4.78, 5) is 15.0. The molecule has 0 spiro atoms. The monoisotopic (exact) mass is 579 g/mol. The third-order valence-electron chi connectivity index (χ3n) is 8.40. The summed E-state index contributed by atoms with van der Waals surface area (Å²) in [5.41, 5.74) is 9.58. The number of aliphatic imine (C=N–C) groups is 2. The molecule has 1 atom stereocenters. The summed E-state index contributed by atoms with van der Waals surface area (Å²) < 4.78 is 1.97. The molecule has 0 aliphatic carbocycles. The van der Waals surface area contributed by atoms with Crippen LogP contribution < -0.4 is 15.1 Å². The average Bonchev–Trinajstić information content (AvgIpc) is 3.39. The molecule has 44 heavy (non-hydrogen) atoms. The molecule has 0 unspecified atom stereocenters. The van der Waals surface area contributed by atoms with E-state index in [2.05, 4.69) is 122 Å². The van der Waals surface area contributed by atoms with Gasteiger partial charge in [0.2, 0.25) is 0 Å². The predicted octanol–water partition coefficient (Wildman–Crippen LogP) is 8.38. The summed E-state index contributed by atoms with van der Waals surface area (Å²) in [7, 11) is 4.14. The lowest BCUT2D eigenvalue weighted by atomic mass is 9.93. The highest BCUT2D eigenvalue weighted by molar-refractivity contribution is 6.51. The van der Waals surface area contributed by atoms with Gasteiger partial charge in [-0.3, -0.25) is 0 Å². The van der Waals surface area contributed by atoms with Crippen LogP contribution in [0.3, 0.4) is 0 Å². The summed E-state index contributed by atoms with van der Waals surface area (Å²) >= 11 is 0. The molecule has 0 saturated carbocycles. The predicted molar refractivity (Wildman–Crippen MR) is 183 cm³/mol. The molecule has 220 valence electrons. The second-order valence-electron chi connectivity index (χ2n) is 11.6. The molecule has 0 radical (unpaired) electrons. The Morgan fingerprint density at radius 3 is 2.27 bits per heavy atom. The fourth-order valence-corrected chi connectivity index (χ4v) is 6.09. The van der Waals surface area contributed by atoms with Gasteiger partial charge in [-0.25, -0.2) is 14.7 Å². The quantitative estimate of drug-likeness (QED) is 0.210. The van der Waals surface area contributed by atoms with Crippen LogP contribution in [0, 0.1) is 6.92 Å². The van der Waals surface area contributed by atoms with Gasteiger partial charge in [-0.2, -0.15) is 5.10 Å². The number of aryl methyl sites for hydroxylation is 2. The maximum Gasteiger partial charge on any atom is 0.179 e. The molecule has 0 saturated heterocycles. The number of hydrogen-bond acceptors (Lipinski definition) is 6. The Bertz CT molecular complexity index is 1850. The Morgan fingerprint density at radius 1 is 0.818 bits per heavy atom. The first kappa shape index (κ1) is 27.7. The number of benzene rings is 4. The number of amidine groups is 2. The highest BCUT2D eigenvalue weighted by atomic mass is 15.4. The SMILES string of the molecule is CCCCc1ccc(NC2=Nc3ccccc3N3C2=Nc2c(c(C)nn2-c2ccccc2)[C@H]3c2ccc(N(C)C)cc2)cc1. The van der Waals surface area contributed by atoms with Gasteiger partial charge in [0.1, 0.15) is 0 Å². The van der Waals surface area contributed by atoms with Gasteiger partial charge < -0.3 is 15.1 Å². The third-order valence-corrected chi connectivity index (χ3v) is 8.40. The Balaban J connectivity index is 1.41. The Kier molecular flexibility index (Phi) is 7.22. The van der Waals surface area contributed by atoms with Crippen molar-refractivity contribution in [3.05, 3.63) is 126 Å². The van der Waals surface area contributed by atoms with Crippen molar-refractivity contribution < 1.29 is 0 Å². The van der Waals surface area contributed by atoms with Crippen molar-refractivity contribution in [2.75, 3.05) is 29.2 Å². The molecule has 7 nitrogen and oxygen atoms in total. The smallest absolute Gasteiger partial charge is 0.179 e. The molecule has 0 fully saturated rings. The van der Waals surface area contributed by atoms with Crippen LogP contribution >= 0.6 is 0 Å². The van der Waals surface area contributed by atoms with Crippen LogP contribution in [0.15, 0.2) is 113 Å². The van der Waals surface area contributed by atoms with Gasteiger partial charge in [-0.1, -0.05) is 67.9 Å². The van der Waals surface area contributed by atoms with Gasteiger partial charge in [-0.15, -0.1) is 0 Å². The molecule has 1 N–H and O–H groups in total. The van der Waals surface area contributed by atoms with Crippen molar-refractivity contribution in [2.45, 2.75) is 39.2 Å². The summed E-state index contributed by atoms with van der Waals surface area (Å²) in [6.07, 6.45) is 3.47. The maximum absolute atomic E-state index is 5.36. The number of hydrogen-bond donors (Lipinski definition) is 1. The van der Waals surface area contributed by atoms with Crippen molar-refractivity contribution in [3.8, 4) is 5.69 Å². The van der Waals surface area contributed by atoms with Gasteiger partial charge in [-0.05, 0) is 79.4 Å². The standard InChI is InChI=1S/C37H37N7/c1-5-6-12-26-17-21-28(22-18-26)38-35-37-40-36-33(25(2)41-44(36)30-13-8-7-9-14-30)34(27-19-23-29(24-20-27)42(3)4)43(37)32-16-11-10-15-31(32)39-35/h7-11,13-24,34H,5-6,12H2,1-4H3,(H,38,39)/t34-/m1/s1. The highest BCUT2D eigenvalue weighted by Gasteiger charge is 2.41. The van der Waals surface area contributed by atoms with Crippen molar-refractivity contribution >= 4 is 40.2 Å².